The second kappa shape index (κ2) is 14.4. The van der Waals surface area contributed by atoms with Crippen molar-refractivity contribution in [3.05, 3.63) is 35.4 Å². The predicted octanol–water partition coefficient (Wildman–Crippen LogP) is 3.75. The van der Waals surface area contributed by atoms with Crippen molar-refractivity contribution in [3.63, 3.8) is 0 Å². The number of rotatable bonds is 8. The van der Waals surface area contributed by atoms with Crippen LogP contribution in [0.25, 0.3) is 0 Å². The zero-order chi connectivity index (χ0) is 21.2. The molecule has 176 valence electrons. The molecule has 2 N–H and O–H groups in total. The van der Waals surface area contributed by atoms with Gasteiger partial charge in [0, 0.05) is 54.7 Å². The molecule has 6 nitrogen and oxygen atoms in total. The van der Waals surface area contributed by atoms with Crippen molar-refractivity contribution < 1.29 is 13.7 Å². The zero-order valence-corrected chi connectivity index (χ0v) is 22.0. The SMILES string of the molecule is CCS(=O)C1CCCC(NC(=NC)NCc2ccc(COC3CCOCC3)cc2)C1.I. The van der Waals surface area contributed by atoms with Crippen LogP contribution in [0.1, 0.15) is 56.6 Å². The van der Waals surface area contributed by atoms with Gasteiger partial charge in [-0.3, -0.25) is 9.20 Å². The molecular weight excluding hydrogens is 525 g/mol. The van der Waals surface area contributed by atoms with E-state index >= 15 is 0 Å². The lowest BCUT2D eigenvalue weighted by molar-refractivity contribution is -0.0390. The first-order valence-corrected chi connectivity index (χ1v) is 12.7. The highest BCUT2D eigenvalue weighted by Crippen LogP contribution is 2.23. The summed E-state index contributed by atoms with van der Waals surface area (Å²) in [6, 6.07) is 8.90. The van der Waals surface area contributed by atoms with Gasteiger partial charge < -0.3 is 20.1 Å². The lowest BCUT2D eigenvalue weighted by Crippen LogP contribution is -2.46. The number of guanidine groups is 1. The smallest absolute Gasteiger partial charge is 0.191 e. The van der Waals surface area contributed by atoms with Gasteiger partial charge in [0.15, 0.2) is 5.96 Å². The molecule has 0 bridgehead atoms. The Bertz CT molecular complexity index is 696. The third-order valence-electron chi connectivity index (χ3n) is 5.98. The van der Waals surface area contributed by atoms with E-state index in [4.69, 9.17) is 9.47 Å². The van der Waals surface area contributed by atoms with Gasteiger partial charge in [0.05, 0.1) is 12.7 Å². The van der Waals surface area contributed by atoms with Crippen molar-refractivity contribution in [2.75, 3.05) is 26.0 Å². The van der Waals surface area contributed by atoms with E-state index in [-0.39, 0.29) is 24.0 Å². The molecule has 1 heterocycles. The monoisotopic (exact) mass is 563 g/mol. The molecule has 1 saturated carbocycles. The lowest BCUT2D eigenvalue weighted by atomic mass is 9.95. The Morgan fingerprint density at radius 1 is 1.16 bits per heavy atom. The lowest BCUT2D eigenvalue weighted by Gasteiger charge is -2.30. The number of aliphatic imine (C=N–C) groups is 1. The van der Waals surface area contributed by atoms with Gasteiger partial charge in [-0.2, -0.15) is 0 Å². The maximum atomic E-state index is 12.2. The quantitative estimate of drug-likeness (QED) is 0.287. The molecule has 31 heavy (non-hydrogen) atoms. The summed E-state index contributed by atoms with van der Waals surface area (Å²) in [4.78, 5) is 4.37. The molecule has 0 spiro atoms. The number of nitrogens with one attached hydrogen (secondary N) is 2. The van der Waals surface area contributed by atoms with Gasteiger partial charge in [-0.25, -0.2) is 0 Å². The van der Waals surface area contributed by atoms with E-state index in [0.29, 0.717) is 24.0 Å². The first-order chi connectivity index (χ1) is 14.7. The Morgan fingerprint density at radius 2 is 1.87 bits per heavy atom. The molecule has 2 aliphatic rings. The number of benzene rings is 1. The first-order valence-electron chi connectivity index (χ1n) is 11.3. The Hall–Kier alpha value is -0.710. The molecule has 3 rings (SSSR count). The number of nitrogens with zero attached hydrogens (tertiary/aromatic N) is 1. The minimum atomic E-state index is -0.707. The van der Waals surface area contributed by atoms with E-state index in [0.717, 1.165) is 70.0 Å². The van der Waals surface area contributed by atoms with Crippen LogP contribution in [0.5, 0.6) is 0 Å². The molecular formula is C23H38IN3O3S. The minimum Gasteiger partial charge on any atom is -0.381 e. The Morgan fingerprint density at radius 3 is 2.55 bits per heavy atom. The van der Waals surface area contributed by atoms with Crippen LogP contribution in [-0.4, -0.2) is 53.6 Å². The van der Waals surface area contributed by atoms with E-state index in [9.17, 15) is 4.21 Å². The molecule has 1 aliphatic carbocycles. The van der Waals surface area contributed by atoms with E-state index < -0.39 is 10.8 Å². The van der Waals surface area contributed by atoms with Gasteiger partial charge in [-0.15, -0.1) is 24.0 Å². The molecule has 3 unspecified atom stereocenters. The fraction of sp³-hybridized carbons (Fsp3) is 0.696. The van der Waals surface area contributed by atoms with Crippen LogP contribution in [-0.2, 0) is 33.4 Å². The van der Waals surface area contributed by atoms with Crippen molar-refractivity contribution in [1.29, 1.82) is 0 Å². The summed E-state index contributed by atoms with van der Waals surface area (Å²) < 4.78 is 23.5. The number of halogens is 1. The average Bonchev–Trinajstić information content (AvgIpc) is 2.81. The highest BCUT2D eigenvalue weighted by Gasteiger charge is 2.26. The van der Waals surface area contributed by atoms with Crippen LogP contribution in [0.2, 0.25) is 0 Å². The second-order valence-electron chi connectivity index (χ2n) is 8.16. The second-order valence-corrected chi connectivity index (χ2v) is 10.2. The van der Waals surface area contributed by atoms with Gasteiger partial charge in [-0.05, 0) is 43.2 Å². The normalized spacial score (nSPS) is 23.6. The van der Waals surface area contributed by atoms with Crippen molar-refractivity contribution in [2.24, 2.45) is 4.99 Å². The van der Waals surface area contributed by atoms with Gasteiger partial charge in [0.2, 0.25) is 0 Å². The standard InChI is InChI=1S/C23H37N3O3S.HI/c1-3-30(27)22-6-4-5-20(15-22)26-23(24-2)25-16-18-7-9-19(10-8-18)17-29-21-11-13-28-14-12-21;/h7-10,20-22H,3-6,11-17H2,1-2H3,(H2,24,25,26);1H. The molecule has 1 aliphatic heterocycles. The van der Waals surface area contributed by atoms with Gasteiger partial charge >= 0.3 is 0 Å². The van der Waals surface area contributed by atoms with Gasteiger partial charge in [0.25, 0.3) is 0 Å². The molecule has 1 saturated heterocycles. The van der Waals surface area contributed by atoms with Crippen molar-refractivity contribution >= 4 is 40.7 Å². The van der Waals surface area contributed by atoms with E-state index in [1.54, 1.807) is 7.05 Å². The van der Waals surface area contributed by atoms with Crippen LogP contribution in [0, 0.1) is 0 Å². The van der Waals surface area contributed by atoms with Crippen molar-refractivity contribution in [2.45, 2.75) is 76.0 Å². The molecule has 1 aromatic rings. The molecule has 0 radical (unpaired) electrons. The Labute approximate surface area is 206 Å². The Kier molecular flexibility index (Phi) is 12.4. The highest BCUT2D eigenvalue weighted by molar-refractivity contribution is 14.0. The largest absolute Gasteiger partial charge is 0.381 e. The van der Waals surface area contributed by atoms with Crippen LogP contribution in [0.3, 0.4) is 0 Å². The van der Waals surface area contributed by atoms with E-state index in [1.807, 2.05) is 6.92 Å². The summed E-state index contributed by atoms with van der Waals surface area (Å²) >= 11 is 0. The summed E-state index contributed by atoms with van der Waals surface area (Å²) in [7, 11) is 1.09. The Balaban J connectivity index is 0.00000341. The summed E-state index contributed by atoms with van der Waals surface area (Å²) in [6.45, 7) is 5.00. The van der Waals surface area contributed by atoms with Gasteiger partial charge in [0.1, 0.15) is 0 Å². The number of ether oxygens (including phenoxy) is 2. The average molecular weight is 564 g/mol. The maximum absolute atomic E-state index is 12.2. The summed E-state index contributed by atoms with van der Waals surface area (Å²) in [5, 5.41) is 7.25. The third kappa shape index (κ3) is 8.98. The molecule has 1 aromatic carbocycles. The summed E-state index contributed by atoms with van der Waals surface area (Å²) in [5.74, 6) is 1.57. The van der Waals surface area contributed by atoms with E-state index in [1.165, 1.54) is 11.1 Å². The number of hydrogen-bond acceptors (Lipinski definition) is 4. The third-order valence-corrected chi connectivity index (χ3v) is 7.72. The van der Waals surface area contributed by atoms with Crippen LogP contribution in [0.15, 0.2) is 29.3 Å². The summed E-state index contributed by atoms with van der Waals surface area (Å²) in [5.41, 5.74) is 2.41. The minimum absolute atomic E-state index is 0. The van der Waals surface area contributed by atoms with Crippen molar-refractivity contribution in [1.82, 2.24) is 10.6 Å². The van der Waals surface area contributed by atoms with Crippen LogP contribution in [0.4, 0.5) is 0 Å². The highest BCUT2D eigenvalue weighted by atomic mass is 127. The summed E-state index contributed by atoms with van der Waals surface area (Å²) in [6.07, 6.45) is 6.58. The zero-order valence-electron chi connectivity index (χ0n) is 18.8. The maximum Gasteiger partial charge on any atom is 0.191 e. The number of hydrogen-bond donors (Lipinski definition) is 2. The predicted molar refractivity (Wildman–Crippen MR) is 139 cm³/mol. The topological polar surface area (TPSA) is 72.0 Å². The molecule has 8 heteroatoms. The molecule has 0 amide bonds. The van der Waals surface area contributed by atoms with Crippen LogP contribution < -0.4 is 10.6 Å². The first kappa shape index (κ1) is 26.5. The van der Waals surface area contributed by atoms with Crippen molar-refractivity contribution in [3.8, 4) is 0 Å². The molecule has 0 aromatic heterocycles. The van der Waals surface area contributed by atoms with Gasteiger partial charge in [-0.1, -0.05) is 37.6 Å². The van der Waals surface area contributed by atoms with Crippen LogP contribution >= 0.6 is 24.0 Å². The fourth-order valence-corrected chi connectivity index (χ4v) is 5.48. The molecule has 3 atom stereocenters. The van der Waals surface area contributed by atoms with E-state index in [2.05, 4.69) is 39.9 Å². The fourth-order valence-electron chi connectivity index (χ4n) is 4.13. The molecule has 2 fully saturated rings.